The number of hydrogen-bond acceptors (Lipinski definition) is 7. The number of fused-ring (bicyclic) bond motifs is 1. The summed E-state index contributed by atoms with van der Waals surface area (Å²) in [5.41, 5.74) is 8.11. The fourth-order valence-electron chi connectivity index (χ4n) is 2.84. The van der Waals surface area contributed by atoms with Crippen LogP contribution in [0.25, 0.3) is 10.2 Å². The predicted octanol–water partition coefficient (Wildman–Crippen LogP) is 4.28. The molecule has 2 aromatic heterocycles. The van der Waals surface area contributed by atoms with E-state index in [-0.39, 0.29) is 5.91 Å². The molecule has 2 heterocycles. The van der Waals surface area contributed by atoms with E-state index in [2.05, 4.69) is 24.1 Å². The van der Waals surface area contributed by atoms with Gasteiger partial charge in [-0.1, -0.05) is 13.8 Å². The topological polar surface area (TPSA) is 95.7 Å². The number of rotatable bonds is 6. The third kappa shape index (κ3) is 3.55. The first-order chi connectivity index (χ1) is 13.4. The van der Waals surface area contributed by atoms with Gasteiger partial charge < -0.3 is 25.3 Å². The third-order valence-electron chi connectivity index (χ3n) is 4.34. The molecular weight excluding hydrogens is 378 g/mol. The first-order valence-electron chi connectivity index (χ1n) is 8.69. The summed E-state index contributed by atoms with van der Waals surface area (Å²) in [7, 11) is 4.56. The van der Waals surface area contributed by atoms with Crippen molar-refractivity contribution in [3.8, 4) is 17.2 Å². The van der Waals surface area contributed by atoms with E-state index in [0.717, 1.165) is 15.9 Å². The number of nitrogens with one attached hydrogen (secondary N) is 1. The Morgan fingerprint density at radius 2 is 1.75 bits per heavy atom. The standard InChI is InChI=1S/C20H23N3O4S/c1-10(2)13-7-6-12-16(21)18(28-20(12)23-13)19(24)22-11-8-14(25-3)17(27-5)15(9-11)26-4/h6-10H,21H2,1-5H3,(H,22,24). The van der Waals surface area contributed by atoms with Crippen molar-refractivity contribution in [3.63, 3.8) is 0 Å². The zero-order chi connectivity index (χ0) is 20.4. The molecule has 0 aliphatic carbocycles. The molecule has 0 unspecified atom stereocenters. The van der Waals surface area contributed by atoms with Gasteiger partial charge in [0.15, 0.2) is 11.5 Å². The number of pyridine rings is 1. The number of methoxy groups -OCH3 is 3. The molecule has 8 heteroatoms. The third-order valence-corrected chi connectivity index (χ3v) is 5.45. The lowest BCUT2D eigenvalue weighted by molar-refractivity contribution is 0.103. The molecule has 0 saturated heterocycles. The molecule has 148 valence electrons. The van der Waals surface area contributed by atoms with Crippen LogP contribution >= 0.6 is 11.3 Å². The van der Waals surface area contributed by atoms with E-state index in [1.54, 1.807) is 12.1 Å². The van der Waals surface area contributed by atoms with Crippen molar-refractivity contribution in [2.75, 3.05) is 32.4 Å². The highest BCUT2D eigenvalue weighted by Gasteiger charge is 2.20. The molecule has 1 aromatic carbocycles. The van der Waals surface area contributed by atoms with Crippen LogP contribution in [-0.2, 0) is 0 Å². The number of amides is 1. The van der Waals surface area contributed by atoms with Gasteiger partial charge in [-0.15, -0.1) is 11.3 Å². The highest BCUT2D eigenvalue weighted by molar-refractivity contribution is 7.21. The summed E-state index contributed by atoms with van der Waals surface area (Å²) < 4.78 is 16.0. The van der Waals surface area contributed by atoms with Crippen LogP contribution in [0.1, 0.15) is 35.1 Å². The summed E-state index contributed by atoms with van der Waals surface area (Å²) in [5, 5.41) is 3.63. The number of benzene rings is 1. The lowest BCUT2D eigenvalue weighted by Gasteiger charge is -2.14. The minimum Gasteiger partial charge on any atom is -0.493 e. The van der Waals surface area contributed by atoms with Crippen LogP contribution in [0.4, 0.5) is 11.4 Å². The van der Waals surface area contributed by atoms with Gasteiger partial charge in [-0.2, -0.15) is 0 Å². The Kier molecular flexibility index (Phi) is 5.60. The molecule has 1 amide bonds. The van der Waals surface area contributed by atoms with E-state index >= 15 is 0 Å². The van der Waals surface area contributed by atoms with Crippen LogP contribution in [0.5, 0.6) is 17.2 Å². The van der Waals surface area contributed by atoms with E-state index in [1.165, 1.54) is 32.7 Å². The van der Waals surface area contributed by atoms with Gasteiger partial charge in [0.1, 0.15) is 9.71 Å². The molecule has 28 heavy (non-hydrogen) atoms. The van der Waals surface area contributed by atoms with E-state index in [4.69, 9.17) is 19.9 Å². The number of nitrogens with two attached hydrogens (primary N) is 1. The summed E-state index contributed by atoms with van der Waals surface area (Å²) in [6, 6.07) is 7.19. The monoisotopic (exact) mass is 401 g/mol. The van der Waals surface area contributed by atoms with Crippen molar-refractivity contribution in [1.29, 1.82) is 0 Å². The second-order valence-electron chi connectivity index (χ2n) is 6.46. The summed E-state index contributed by atoms with van der Waals surface area (Å²) in [6.07, 6.45) is 0. The summed E-state index contributed by atoms with van der Waals surface area (Å²) in [6.45, 7) is 4.15. The SMILES string of the molecule is COc1cc(NC(=O)c2sc3nc(C(C)C)ccc3c2N)cc(OC)c1OC. The van der Waals surface area contributed by atoms with Crippen molar-refractivity contribution in [2.24, 2.45) is 0 Å². The predicted molar refractivity (Wildman–Crippen MR) is 112 cm³/mol. The van der Waals surface area contributed by atoms with Crippen molar-refractivity contribution in [3.05, 3.63) is 34.8 Å². The molecule has 3 aromatic rings. The minimum atomic E-state index is -0.319. The van der Waals surface area contributed by atoms with Gasteiger partial charge in [-0.3, -0.25) is 4.79 Å². The normalized spacial score (nSPS) is 10.9. The molecule has 0 spiro atoms. The fraction of sp³-hybridized carbons (Fsp3) is 0.300. The molecule has 3 N–H and O–H groups in total. The van der Waals surface area contributed by atoms with Crippen LogP contribution in [0.3, 0.4) is 0 Å². The summed E-state index contributed by atoms with van der Waals surface area (Å²) in [4.78, 5) is 18.6. The molecule has 0 aliphatic heterocycles. The maximum Gasteiger partial charge on any atom is 0.267 e. The van der Waals surface area contributed by atoms with Crippen LogP contribution in [-0.4, -0.2) is 32.2 Å². The largest absolute Gasteiger partial charge is 0.493 e. The Balaban J connectivity index is 1.96. The number of anilines is 2. The quantitative estimate of drug-likeness (QED) is 0.640. The Morgan fingerprint density at radius 1 is 1.11 bits per heavy atom. The van der Waals surface area contributed by atoms with Gasteiger partial charge in [-0.05, 0) is 18.1 Å². The number of ether oxygens (including phenoxy) is 3. The first kappa shape index (κ1) is 19.8. The number of carbonyl (C=O) groups is 1. The average molecular weight is 401 g/mol. The number of nitrogens with zero attached hydrogens (tertiary/aromatic N) is 1. The maximum atomic E-state index is 12.9. The lowest BCUT2D eigenvalue weighted by atomic mass is 10.1. The van der Waals surface area contributed by atoms with Gasteiger partial charge >= 0.3 is 0 Å². The van der Waals surface area contributed by atoms with E-state index in [1.807, 2.05) is 12.1 Å². The second kappa shape index (κ2) is 7.93. The highest BCUT2D eigenvalue weighted by Crippen LogP contribution is 2.40. The highest BCUT2D eigenvalue weighted by atomic mass is 32.1. The minimum absolute atomic E-state index is 0.296. The zero-order valence-corrected chi connectivity index (χ0v) is 17.3. The lowest BCUT2D eigenvalue weighted by Crippen LogP contribution is -2.12. The zero-order valence-electron chi connectivity index (χ0n) is 16.5. The van der Waals surface area contributed by atoms with E-state index in [0.29, 0.717) is 39.4 Å². The van der Waals surface area contributed by atoms with Crippen LogP contribution in [0, 0.1) is 0 Å². The van der Waals surface area contributed by atoms with Gasteiger partial charge in [0.25, 0.3) is 5.91 Å². The van der Waals surface area contributed by atoms with Crippen LogP contribution in [0.15, 0.2) is 24.3 Å². The molecule has 0 aliphatic rings. The van der Waals surface area contributed by atoms with Crippen molar-refractivity contribution < 1.29 is 19.0 Å². The smallest absolute Gasteiger partial charge is 0.267 e. The average Bonchev–Trinajstić information content (AvgIpc) is 3.03. The number of aromatic nitrogens is 1. The van der Waals surface area contributed by atoms with Crippen molar-refractivity contribution in [2.45, 2.75) is 19.8 Å². The molecule has 0 fully saturated rings. The molecule has 0 radical (unpaired) electrons. The second-order valence-corrected chi connectivity index (χ2v) is 7.46. The van der Waals surface area contributed by atoms with Crippen LogP contribution < -0.4 is 25.3 Å². The summed E-state index contributed by atoms with van der Waals surface area (Å²) >= 11 is 1.28. The molecular formula is C20H23N3O4S. The van der Waals surface area contributed by atoms with Gasteiger partial charge in [-0.25, -0.2) is 4.98 Å². The Morgan fingerprint density at radius 3 is 2.29 bits per heavy atom. The van der Waals surface area contributed by atoms with Crippen molar-refractivity contribution >= 4 is 38.8 Å². The number of carbonyl (C=O) groups excluding carboxylic acids is 1. The van der Waals surface area contributed by atoms with Gasteiger partial charge in [0, 0.05) is 28.9 Å². The number of hydrogen-bond donors (Lipinski definition) is 2. The van der Waals surface area contributed by atoms with Crippen molar-refractivity contribution in [1.82, 2.24) is 4.98 Å². The van der Waals surface area contributed by atoms with E-state index in [9.17, 15) is 4.79 Å². The summed E-state index contributed by atoms with van der Waals surface area (Å²) in [5.74, 6) is 1.33. The first-order valence-corrected chi connectivity index (χ1v) is 9.51. The molecule has 7 nitrogen and oxygen atoms in total. The van der Waals surface area contributed by atoms with Crippen LogP contribution in [0.2, 0.25) is 0 Å². The molecule has 0 saturated carbocycles. The molecule has 3 rings (SSSR count). The Bertz CT molecular complexity index is 1000. The number of nitrogen functional groups attached to an aromatic ring is 1. The van der Waals surface area contributed by atoms with Gasteiger partial charge in [0.05, 0.1) is 27.0 Å². The maximum absolute atomic E-state index is 12.9. The van der Waals surface area contributed by atoms with E-state index < -0.39 is 0 Å². The Labute approximate surface area is 167 Å². The molecule has 0 bridgehead atoms. The number of thiophene rings is 1. The fourth-order valence-corrected chi connectivity index (χ4v) is 3.84. The van der Waals surface area contributed by atoms with Gasteiger partial charge in [0.2, 0.25) is 5.75 Å². The molecule has 0 atom stereocenters. The Hall–Kier alpha value is -3.00.